The van der Waals surface area contributed by atoms with Crippen LogP contribution in [0.1, 0.15) is 25.7 Å². The maximum absolute atomic E-state index is 5.81. The van der Waals surface area contributed by atoms with Gasteiger partial charge in [-0.3, -0.25) is 0 Å². The van der Waals surface area contributed by atoms with Crippen molar-refractivity contribution in [2.24, 2.45) is 5.92 Å². The van der Waals surface area contributed by atoms with Gasteiger partial charge < -0.3 is 11.1 Å². The molecule has 0 unspecified atom stereocenters. The van der Waals surface area contributed by atoms with Gasteiger partial charge in [0.1, 0.15) is 5.15 Å². The lowest BCUT2D eigenvalue weighted by Gasteiger charge is -2.12. The number of hydrogen-bond donors (Lipinski definition) is 2. The van der Waals surface area contributed by atoms with E-state index in [9.17, 15) is 0 Å². The van der Waals surface area contributed by atoms with Crippen molar-refractivity contribution in [2.45, 2.75) is 25.7 Å². The summed E-state index contributed by atoms with van der Waals surface area (Å²) in [6.07, 6.45) is 5.33. The van der Waals surface area contributed by atoms with Crippen molar-refractivity contribution in [1.82, 2.24) is 4.98 Å². The summed E-state index contributed by atoms with van der Waals surface area (Å²) in [5.41, 5.74) is 6.45. The molecule has 1 fully saturated rings. The van der Waals surface area contributed by atoms with E-state index in [-0.39, 0.29) is 0 Å². The molecule has 1 heterocycles. The number of nitrogen functional groups attached to an aromatic ring is 1. The van der Waals surface area contributed by atoms with Crippen LogP contribution in [0.4, 0.5) is 11.5 Å². The van der Waals surface area contributed by atoms with E-state index in [0.717, 1.165) is 18.3 Å². The van der Waals surface area contributed by atoms with Crippen molar-refractivity contribution in [2.75, 3.05) is 17.6 Å². The van der Waals surface area contributed by atoms with Gasteiger partial charge >= 0.3 is 0 Å². The first-order valence-corrected chi connectivity index (χ1v) is 5.79. The van der Waals surface area contributed by atoms with E-state index in [1.807, 2.05) is 0 Å². The van der Waals surface area contributed by atoms with E-state index in [1.165, 1.54) is 25.7 Å². The van der Waals surface area contributed by atoms with E-state index in [1.54, 1.807) is 12.1 Å². The zero-order chi connectivity index (χ0) is 10.7. The zero-order valence-corrected chi connectivity index (χ0v) is 9.43. The van der Waals surface area contributed by atoms with Gasteiger partial charge in [0.05, 0.1) is 5.69 Å². The van der Waals surface area contributed by atoms with Crippen LogP contribution in [-0.4, -0.2) is 11.5 Å². The molecule has 0 saturated heterocycles. The van der Waals surface area contributed by atoms with Crippen molar-refractivity contribution in [3.05, 3.63) is 17.3 Å². The Morgan fingerprint density at radius 3 is 2.87 bits per heavy atom. The molecule has 1 aromatic rings. The fraction of sp³-hybridized carbons (Fsp3) is 0.545. The Morgan fingerprint density at radius 2 is 2.13 bits per heavy atom. The summed E-state index contributed by atoms with van der Waals surface area (Å²) in [7, 11) is 0. The van der Waals surface area contributed by atoms with Crippen molar-refractivity contribution >= 4 is 23.1 Å². The summed E-state index contributed by atoms with van der Waals surface area (Å²) >= 11 is 5.81. The maximum atomic E-state index is 5.81. The number of nitrogens with two attached hydrogens (primary N) is 1. The minimum absolute atomic E-state index is 0.484. The van der Waals surface area contributed by atoms with Gasteiger partial charge in [-0.05, 0) is 30.9 Å². The molecule has 0 aliphatic heterocycles. The fourth-order valence-electron chi connectivity index (χ4n) is 2.04. The first kappa shape index (κ1) is 10.6. The number of rotatable bonds is 3. The Bertz CT molecular complexity index is 335. The average molecular weight is 226 g/mol. The minimum atomic E-state index is 0.484. The van der Waals surface area contributed by atoms with Gasteiger partial charge in [0.15, 0.2) is 5.82 Å². The summed E-state index contributed by atoms with van der Waals surface area (Å²) in [6, 6.07) is 3.49. The van der Waals surface area contributed by atoms with Gasteiger partial charge in [-0.2, -0.15) is 0 Å². The number of halogens is 1. The van der Waals surface area contributed by atoms with Gasteiger partial charge in [-0.25, -0.2) is 4.98 Å². The Labute approximate surface area is 95.0 Å². The predicted molar refractivity (Wildman–Crippen MR) is 64.1 cm³/mol. The Kier molecular flexibility index (Phi) is 3.31. The molecule has 0 bridgehead atoms. The van der Waals surface area contributed by atoms with Crippen molar-refractivity contribution in [3.63, 3.8) is 0 Å². The van der Waals surface area contributed by atoms with Crippen LogP contribution < -0.4 is 11.1 Å². The van der Waals surface area contributed by atoms with Gasteiger partial charge in [-0.1, -0.05) is 24.4 Å². The van der Waals surface area contributed by atoms with Crippen molar-refractivity contribution < 1.29 is 0 Å². The van der Waals surface area contributed by atoms with Crippen LogP contribution in [0, 0.1) is 5.92 Å². The quantitative estimate of drug-likeness (QED) is 0.778. The van der Waals surface area contributed by atoms with Crippen LogP contribution in [0.3, 0.4) is 0 Å². The second-order valence-corrected chi connectivity index (χ2v) is 4.49. The number of pyridine rings is 1. The largest absolute Gasteiger partial charge is 0.396 e. The van der Waals surface area contributed by atoms with Gasteiger partial charge in [-0.15, -0.1) is 0 Å². The lowest BCUT2D eigenvalue weighted by Crippen LogP contribution is -2.13. The highest BCUT2D eigenvalue weighted by molar-refractivity contribution is 6.29. The SMILES string of the molecule is Nc1ccc(Cl)nc1NCC1CCCC1. The third-order valence-electron chi connectivity index (χ3n) is 2.93. The van der Waals surface area contributed by atoms with Crippen LogP contribution in [0.5, 0.6) is 0 Å². The minimum Gasteiger partial charge on any atom is -0.396 e. The highest BCUT2D eigenvalue weighted by Gasteiger charge is 2.15. The van der Waals surface area contributed by atoms with E-state index >= 15 is 0 Å². The van der Waals surface area contributed by atoms with Crippen LogP contribution in [0.25, 0.3) is 0 Å². The van der Waals surface area contributed by atoms with Crippen LogP contribution in [0.15, 0.2) is 12.1 Å². The molecule has 2 rings (SSSR count). The third-order valence-corrected chi connectivity index (χ3v) is 3.14. The number of hydrogen-bond acceptors (Lipinski definition) is 3. The lowest BCUT2D eigenvalue weighted by molar-refractivity contribution is 0.579. The topological polar surface area (TPSA) is 50.9 Å². The molecule has 3 N–H and O–H groups in total. The number of aromatic nitrogens is 1. The molecule has 1 aromatic heterocycles. The monoisotopic (exact) mass is 225 g/mol. The molecule has 15 heavy (non-hydrogen) atoms. The fourth-order valence-corrected chi connectivity index (χ4v) is 2.19. The molecular weight excluding hydrogens is 210 g/mol. The zero-order valence-electron chi connectivity index (χ0n) is 8.67. The molecule has 82 valence electrons. The van der Waals surface area contributed by atoms with Crippen LogP contribution in [-0.2, 0) is 0 Å². The second-order valence-electron chi connectivity index (χ2n) is 4.10. The average Bonchev–Trinajstić information content (AvgIpc) is 2.72. The molecular formula is C11H16ClN3. The Hall–Kier alpha value is -0.960. The molecule has 1 aliphatic carbocycles. The first-order chi connectivity index (χ1) is 7.25. The van der Waals surface area contributed by atoms with Crippen molar-refractivity contribution in [3.8, 4) is 0 Å². The van der Waals surface area contributed by atoms with E-state index < -0.39 is 0 Å². The number of nitrogens with zero attached hydrogens (tertiary/aromatic N) is 1. The molecule has 0 atom stereocenters. The van der Waals surface area contributed by atoms with Gasteiger partial charge in [0, 0.05) is 6.54 Å². The van der Waals surface area contributed by atoms with Crippen LogP contribution in [0.2, 0.25) is 5.15 Å². The number of nitrogens with one attached hydrogen (secondary N) is 1. The lowest BCUT2D eigenvalue weighted by atomic mass is 10.1. The molecule has 0 amide bonds. The molecule has 1 aliphatic rings. The van der Waals surface area contributed by atoms with E-state index in [4.69, 9.17) is 17.3 Å². The molecule has 0 spiro atoms. The number of anilines is 2. The Balaban J connectivity index is 1.94. The summed E-state index contributed by atoms with van der Waals surface area (Å²) in [5.74, 6) is 1.49. The predicted octanol–water partition coefficient (Wildman–Crippen LogP) is 2.92. The molecule has 1 saturated carbocycles. The summed E-state index contributed by atoms with van der Waals surface area (Å²) < 4.78 is 0. The van der Waals surface area contributed by atoms with Crippen LogP contribution >= 0.6 is 11.6 Å². The summed E-state index contributed by atoms with van der Waals surface area (Å²) in [4.78, 5) is 4.16. The van der Waals surface area contributed by atoms with E-state index in [2.05, 4.69) is 10.3 Å². The third kappa shape index (κ3) is 2.75. The highest BCUT2D eigenvalue weighted by Crippen LogP contribution is 2.26. The molecule has 0 aromatic carbocycles. The normalized spacial score (nSPS) is 16.9. The Morgan fingerprint density at radius 1 is 1.40 bits per heavy atom. The second kappa shape index (κ2) is 4.71. The highest BCUT2D eigenvalue weighted by atomic mass is 35.5. The molecule has 4 heteroatoms. The summed E-state index contributed by atoms with van der Waals surface area (Å²) in [5, 5.41) is 3.76. The van der Waals surface area contributed by atoms with Gasteiger partial charge in [0.2, 0.25) is 0 Å². The molecule has 3 nitrogen and oxygen atoms in total. The first-order valence-electron chi connectivity index (χ1n) is 5.41. The van der Waals surface area contributed by atoms with E-state index in [0.29, 0.717) is 10.8 Å². The smallest absolute Gasteiger partial charge is 0.150 e. The maximum Gasteiger partial charge on any atom is 0.150 e. The molecule has 0 radical (unpaired) electrons. The standard InChI is InChI=1S/C11H16ClN3/c12-10-6-5-9(13)11(15-10)14-7-8-3-1-2-4-8/h5-6,8H,1-4,7,13H2,(H,14,15). The van der Waals surface area contributed by atoms with Gasteiger partial charge in [0.25, 0.3) is 0 Å². The summed E-state index contributed by atoms with van der Waals surface area (Å²) in [6.45, 7) is 0.956. The van der Waals surface area contributed by atoms with Crippen molar-refractivity contribution in [1.29, 1.82) is 0 Å².